The van der Waals surface area contributed by atoms with Gasteiger partial charge in [-0.1, -0.05) is 20.8 Å². The van der Waals surface area contributed by atoms with E-state index in [1.807, 2.05) is 20.8 Å². The van der Waals surface area contributed by atoms with Gasteiger partial charge < -0.3 is 35.4 Å². The van der Waals surface area contributed by atoms with Gasteiger partial charge in [0.25, 0.3) is 5.91 Å². The Kier molecular flexibility index (Phi) is 8.96. The Morgan fingerprint density at radius 3 is 2.48 bits per heavy atom. The molecule has 8 heteroatoms. The van der Waals surface area contributed by atoms with E-state index in [4.69, 9.17) is 9.47 Å². The third-order valence-corrected chi connectivity index (χ3v) is 3.59. The fourth-order valence-corrected chi connectivity index (χ4v) is 2.28. The summed E-state index contributed by atoms with van der Waals surface area (Å²) in [6.07, 6.45) is -5.27. The van der Waals surface area contributed by atoms with Gasteiger partial charge in [-0.25, -0.2) is 0 Å². The molecule has 0 aromatic heterocycles. The molecule has 1 saturated heterocycles. The van der Waals surface area contributed by atoms with E-state index in [9.17, 15) is 20.1 Å². The lowest BCUT2D eigenvalue weighted by molar-refractivity contribution is -0.219. The fraction of sp³-hybridized carbons (Fsp3) is 0.933. The molecule has 0 saturated carbocycles. The van der Waals surface area contributed by atoms with Crippen LogP contribution in [0.5, 0.6) is 0 Å². The van der Waals surface area contributed by atoms with Gasteiger partial charge in [0.2, 0.25) is 0 Å². The molecule has 0 spiro atoms. The Balaban J connectivity index is 2.52. The van der Waals surface area contributed by atoms with Gasteiger partial charge in [-0.05, 0) is 6.42 Å². The van der Waals surface area contributed by atoms with Crippen molar-refractivity contribution in [2.24, 2.45) is 0 Å². The molecule has 0 bridgehead atoms. The molecule has 1 amide bonds. The Morgan fingerprint density at radius 2 is 1.87 bits per heavy atom. The average Bonchev–Trinajstić information content (AvgIpc) is 2.51. The Hall–Kier alpha value is -0.770. The number of carbonyl (C=O) groups is 1. The first-order valence-corrected chi connectivity index (χ1v) is 8.17. The van der Waals surface area contributed by atoms with E-state index >= 15 is 0 Å². The zero-order chi connectivity index (χ0) is 17.4. The van der Waals surface area contributed by atoms with Crippen LogP contribution in [0.2, 0.25) is 0 Å². The number of nitrogens with one attached hydrogen (secondary N) is 2. The first-order valence-electron chi connectivity index (χ1n) is 8.17. The molecule has 0 aromatic carbocycles. The summed E-state index contributed by atoms with van der Waals surface area (Å²) in [6, 6.07) is 0.165. The maximum absolute atomic E-state index is 12.1. The number of aliphatic hydroxyl groups excluding tert-OH is 3. The second-order valence-electron chi connectivity index (χ2n) is 6.03. The van der Waals surface area contributed by atoms with Crippen molar-refractivity contribution in [1.29, 1.82) is 0 Å². The highest BCUT2D eigenvalue weighted by Crippen LogP contribution is 2.21. The number of ether oxygens (including phenoxy) is 2. The van der Waals surface area contributed by atoms with Crippen LogP contribution in [0.3, 0.4) is 0 Å². The molecular weight excluding hydrogens is 304 g/mol. The number of hydrogen-bond donors (Lipinski definition) is 5. The van der Waals surface area contributed by atoms with E-state index < -0.39 is 36.4 Å². The molecule has 1 aliphatic rings. The molecule has 5 unspecified atom stereocenters. The van der Waals surface area contributed by atoms with Crippen LogP contribution >= 0.6 is 0 Å². The average molecular weight is 334 g/mol. The number of amides is 1. The summed E-state index contributed by atoms with van der Waals surface area (Å²) >= 11 is 0. The highest BCUT2D eigenvalue weighted by molar-refractivity contribution is 5.81. The van der Waals surface area contributed by atoms with Crippen molar-refractivity contribution >= 4 is 5.91 Å². The zero-order valence-corrected chi connectivity index (χ0v) is 14.1. The molecule has 5 atom stereocenters. The summed E-state index contributed by atoms with van der Waals surface area (Å²) in [5.74, 6) is -0.530. The lowest BCUT2D eigenvalue weighted by Gasteiger charge is -2.40. The van der Waals surface area contributed by atoms with Gasteiger partial charge in [0, 0.05) is 25.7 Å². The van der Waals surface area contributed by atoms with Crippen LogP contribution in [0.1, 0.15) is 27.2 Å². The smallest absolute Gasteiger partial charge is 0.252 e. The van der Waals surface area contributed by atoms with Crippen molar-refractivity contribution in [3.05, 3.63) is 0 Å². The molecule has 0 aliphatic carbocycles. The first-order chi connectivity index (χ1) is 10.9. The summed E-state index contributed by atoms with van der Waals surface area (Å²) < 4.78 is 10.8. The van der Waals surface area contributed by atoms with Crippen molar-refractivity contribution in [2.45, 2.75) is 63.8 Å². The van der Waals surface area contributed by atoms with Crippen LogP contribution in [-0.2, 0) is 14.3 Å². The van der Waals surface area contributed by atoms with Gasteiger partial charge in [-0.15, -0.1) is 0 Å². The molecule has 136 valence electrons. The molecule has 0 radical (unpaired) electrons. The lowest BCUT2D eigenvalue weighted by atomic mass is 9.94. The number of aliphatic hydroxyl groups is 3. The highest BCUT2D eigenvalue weighted by Gasteiger charge is 2.46. The van der Waals surface area contributed by atoms with E-state index in [-0.39, 0.29) is 12.6 Å². The van der Waals surface area contributed by atoms with E-state index in [0.717, 1.165) is 6.42 Å². The Labute approximate surface area is 137 Å². The second-order valence-corrected chi connectivity index (χ2v) is 6.03. The van der Waals surface area contributed by atoms with Gasteiger partial charge in [0.05, 0.1) is 12.7 Å². The van der Waals surface area contributed by atoms with Gasteiger partial charge in [0.1, 0.15) is 18.3 Å². The highest BCUT2D eigenvalue weighted by atomic mass is 16.5. The third-order valence-electron chi connectivity index (χ3n) is 3.59. The molecule has 0 aromatic rings. The summed E-state index contributed by atoms with van der Waals surface area (Å²) in [5.41, 5.74) is 0. The van der Waals surface area contributed by atoms with E-state index in [1.54, 1.807) is 0 Å². The van der Waals surface area contributed by atoms with Gasteiger partial charge in [-0.2, -0.15) is 0 Å². The minimum Gasteiger partial charge on any atom is -0.388 e. The van der Waals surface area contributed by atoms with Gasteiger partial charge >= 0.3 is 0 Å². The number of hydrogen-bond acceptors (Lipinski definition) is 7. The maximum Gasteiger partial charge on any atom is 0.252 e. The standard InChI is InChI=1S/C15H30N2O6/c1-4-6-22-7-5-16-15(21)14-13(20)12(19)11(18)10(23-14)8-17-9(2)3/h9-14,17-20H,4-8H2,1-3H3,(H,16,21). The monoisotopic (exact) mass is 334 g/mol. The van der Waals surface area contributed by atoms with Crippen LogP contribution in [0.4, 0.5) is 0 Å². The number of rotatable bonds is 9. The Morgan fingerprint density at radius 1 is 1.17 bits per heavy atom. The van der Waals surface area contributed by atoms with E-state index in [0.29, 0.717) is 19.8 Å². The molecule has 1 rings (SSSR count). The van der Waals surface area contributed by atoms with Gasteiger partial charge in [0.15, 0.2) is 6.10 Å². The van der Waals surface area contributed by atoms with Crippen LogP contribution in [-0.4, -0.2) is 84.1 Å². The quantitative estimate of drug-likeness (QED) is 0.321. The minimum absolute atomic E-state index is 0.165. The molecule has 1 aliphatic heterocycles. The predicted octanol–water partition coefficient (Wildman–Crippen LogP) is -1.62. The largest absolute Gasteiger partial charge is 0.388 e. The van der Waals surface area contributed by atoms with Crippen molar-refractivity contribution < 1.29 is 29.6 Å². The SMILES string of the molecule is CCCOCCNC(=O)C1OC(CNC(C)C)C(O)C(O)C1O. The number of carbonyl (C=O) groups excluding carboxylic acids is 1. The zero-order valence-electron chi connectivity index (χ0n) is 14.1. The third kappa shape index (κ3) is 6.33. The molecule has 5 N–H and O–H groups in total. The van der Waals surface area contributed by atoms with Crippen molar-refractivity contribution in [2.75, 3.05) is 26.3 Å². The van der Waals surface area contributed by atoms with Crippen LogP contribution < -0.4 is 10.6 Å². The molecule has 1 heterocycles. The molecule has 23 heavy (non-hydrogen) atoms. The Bertz CT molecular complexity index is 355. The van der Waals surface area contributed by atoms with E-state index in [2.05, 4.69) is 10.6 Å². The normalized spacial score (nSPS) is 31.3. The molecule has 8 nitrogen and oxygen atoms in total. The van der Waals surface area contributed by atoms with Crippen molar-refractivity contribution in [1.82, 2.24) is 10.6 Å². The van der Waals surface area contributed by atoms with Crippen LogP contribution in [0, 0.1) is 0 Å². The molecular formula is C15H30N2O6. The van der Waals surface area contributed by atoms with Crippen molar-refractivity contribution in [3.8, 4) is 0 Å². The molecule has 1 fully saturated rings. The summed E-state index contributed by atoms with van der Waals surface area (Å²) in [6.45, 7) is 7.40. The van der Waals surface area contributed by atoms with Crippen LogP contribution in [0.15, 0.2) is 0 Å². The first kappa shape index (κ1) is 20.3. The summed E-state index contributed by atoms with van der Waals surface area (Å²) in [5, 5.41) is 35.5. The predicted molar refractivity (Wildman–Crippen MR) is 83.9 cm³/mol. The van der Waals surface area contributed by atoms with Crippen molar-refractivity contribution in [3.63, 3.8) is 0 Å². The topological polar surface area (TPSA) is 120 Å². The lowest BCUT2D eigenvalue weighted by Crippen LogP contribution is -2.63. The maximum atomic E-state index is 12.1. The summed E-state index contributed by atoms with van der Waals surface area (Å²) in [7, 11) is 0. The van der Waals surface area contributed by atoms with Gasteiger partial charge in [-0.3, -0.25) is 4.79 Å². The summed E-state index contributed by atoms with van der Waals surface area (Å²) in [4.78, 5) is 12.1. The fourth-order valence-electron chi connectivity index (χ4n) is 2.28. The van der Waals surface area contributed by atoms with E-state index in [1.165, 1.54) is 0 Å². The van der Waals surface area contributed by atoms with Crippen LogP contribution in [0.25, 0.3) is 0 Å². The second kappa shape index (κ2) is 10.2. The minimum atomic E-state index is -1.48.